The van der Waals surface area contributed by atoms with Gasteiger partial charge >= 0.3 is 5.97 Å². The Balaban J connectivity index is 3.14. The predicted molar refractivity (Wildman–Crippen MR) is 50.2 cm³/mol. The first-order chi connectivity index (χ1) is 5.68. The lowest BCUT2D eigenvalue weighted by atomic mass is 10.0. The van der Waals surface area contributed by atoms with E-state index in [9.17, 15) is 4.79 Å². The van der Waals surface area contributed by atoms with Crippen LogP contribution in [0.4, 0.5) is 0 Å². The van der Waals surface area contributed by atoms with Gasteiger partial charge in [0, 0.05) is 0 Å². The zero-order valence-corrected chi connectivity index (χ0v) is 8.18. The number of rotatable bonds is 7. The molecule has 12 heavy (non-hydrogen) atoms. The third-order valence-corrected chi connectivity index (χ3v) is 2.16. The van der Waals surface area contributed by atoms with E-state index < -0.39 is 5.97 Å². The number of hydrogen-bond donors (Lipinski definition) is 1. The van der Waals surface area contributed by atoms with Crippen molar-refractivity contribution in [2.75, 3.05) is 0 Å². The van der Waals surface area contributed by atoms with Gasteiger partial charge in [-0.25, -0.2) is 0 Å². The molecular formula is C10H20O2. The van der Waals surface area contributed by atoms with Crippen LogP contribution in [0.5, 0.6) is 0 Å². The number of carboxylic acids is 1. The lowest BCUT2D eigenvalue weighted by Gasteiger charge is -2.04. The van der Waals surface area contributed by atoms with E-state index in [-0.39, 0.29) is 5.92 Å². The summed E-state index contributed by atoms with van der Waals surface area (Å²) in [5.41, 5.74) is 0. The molecule has 0 aliphatic rings. The largest absolute Gasteiger partial charge is 0.481 e. The van der Waals surface area contributed by atoms with Crippen LogP contribution < -0.4 is 0 Å². The van der Waals surface area contributed by atoms with Gasteiger partial charge < -0.3 is 5.11 Å². The Kier molecular flexibility index (Phi) is 6.82. The molecule has 0 bridgehead atoms. The van der Waals surface area contributed by atoms with Gasteiger partial charge in [0.2, 0.25) is 0 Å². The molecule has 1 N–H and O–H groups in total. The maximum absolute atomic E-state index is 10.4. The maximum Gasteiger partial charge on any atom is 0.306 e. The molecule has 0 aromatic carbocycles. The van der Waals surface area contributed by atoms with Crippen LogP contribution in [0, 0.1) is 5.92 Å². The average Bonchev–Trinajstić information content (AvgIpc) is 2.03. The fraction of sp³-hybridized carbons (Fsp3) is 0.900. The quantitative estimate of drug-likeness (QED) is 0.599. The van der Waals surface area contributed by atoms with Crippen molar-refractivity contribution >= 4 is 5.97 Å². The molecule has 0 heterocycles. The van der Waals surface area contributed by atoms with Crippen molar-refractivity contribution in [3.8, 4) is 0 Å². The molecule has 72 valence electrons. The van der Waals surface area contributed by atoms with Gasteiger partial charge in [-0.05, 0) is 6.42 Å². The number of hydrogen-bond acceptors (Lipinski definition) is 1. The second-order valence-electron chi connectivity index (χ2n) is 3.44. The summed E-state index contributed by atoms with van der Waals surface area (Å²) in [5, 5.41) is 8.58. The van der Waals surface area contributed by atoms with E-state index in [2.05, 4.69) is 6.92 Å². The summed E-state index contributed by atoms with van der Waals surface area (Å²) in [5.74, 6) is -0.822. The number of carboxylic acid groups (broad SMARTS) is 1. The SMILES string of the molecule is CCCCCCC[C@@H](C)C(=O)O. The van der Waals surface area contributed by atoms with Gasteiger partial charge in [-0.15, -0.1) is 0 Å². The molecule has 0 saturated carbocycles. The molecule has 0 aromatic rings. The van der Waals surface area contributed by atoms with Gasteiger partial charge in [0.1, 0.15) is 0 Å². The van der Waals surface area contributed by atoms with Crippen molar-refractivity contribution in [1.82, 2.24) is 0 Å². The summed E-state index contributed by atoms with van der Waals surface area (Å²) < 4.78 is 0. The Hall–Kier alpha value is -0.530. The zero-order valence-electron chi connectivity index (χ0n) is 8.18. The Bertz CT molecular complexity index is 121. The summed E-state index contributed by atoms with van der Waals surface area (Å²) >= 11 is 0. The number of unbranched alkanes of at least 4 members (excludes halogenated alkanes) is 4. The first kappa shape index (κ1) is 11.5. The first-order valence-corrected chi connectivity index (χ1v) is 4.91. The van der Waals surface area contributed by atoms with E-state index in [0.717, 1.165) is 12.8 Å². The van der Waals surface area contributed by atoms with E-state index in [1.165, 1.54) is 25.7 Å². The van der Waals surface area contributed by atoms with E-state index in [4.69, 9.17) is 5.11 Å². The molecule has 2 nitrogen and oxygen atoms in total. The van der Waals surface area contributed by atoms with Crippen LogP contribution in [0.25, 0.3) is 0 Å². The molecule has 0 aliphatic carbocycles. The van der Waals surface area contributed by atoms with Crippen LogP contribution in [0.1, 0.15) is 52.4 Å². The molecule has 1 atom stereocenters. The minimum absolute atomic E-state index is 0.161. The monoisotopic (exact) mass is 172 g/mol. The van der Waals surface area contributed by atoms with Crippen molar-refractivity contribution in [1.29, 1.82) is 0 Å². The minimum Gasteiger partial charge on any atom is -0.481 e. The Morgan fingerprint density at radius 1 is 1.25 bits per heavy atom. The predicted octanol–water partition coefficient (Wildman–Crippen LogP) is 3.07. The Labute approximate surface area is 75.0 Å². The summed E-state index contributed by atoms with van der Waals surface area (Å²) in [6.07, 6.45) is 6.86. The minimum atomic E-state index is -0.662. The molecule has 0 aromatic heterocycles. The molecule has 0 aliphatic heterocycles. The van der Waals surface area contributed by atoms with Gasteiger partial charge in [-0.3, -0.25) is 4.79 Å². The smallest absolute Gasteiger partial charge is 0.306 e. The summed E-state index contributed by atoms with van der Waals surface area (Å²) in [7, 11) is 0. The highest BCUT2D eigenvalue weighted by Gasteiger charge is 2.08. The number of aliphatic carboxylic acids is 1. The summed E-state index contributed by atoms with van der Waals surface area (Å²) in [6.45, 7) is 3.96. The van der Waals surface area contributed by atoms with Crippen LogP contribution in [0.3, 0.4) is 0 Å². The van der Waals surface area contributed by atoms with Crippen LogP contribution in [0.15, 0.2) is 0 Å². The third-order valence-electron chi connectivity index (χ3n) is 2.16. The molecule has 0 rings (SSSR count). The highest BCUT2D eigenvalue weighted by molar-refractivity contribution is 5.69. The lowest BCUT2D eigenvalue weighted by molar-refractivity contribution is -0.141. The average molecular weight is 172 g/mol. The lowest BCUT2D eigenvalue weighted by Crippen LogP contribution is -2.08. The third kappa shape index (κ3) is 6.20. The van der Waals surface area contributed by atoms with E-state index in [0.29, 0.717) is 0 Å². The highest BCUT2D eigenvalue weighted by Crippen LogP contribution is 2.10. The van der Waals surface area contributed by atoms with Crippen LogP contribution in [0.2, 0.25) is 0 Å². The molecule has 0 unspecified atom stereocenters. The van der Waals surface area contributed by atoms with Crippen molar-refractivity contribution in [2.45, 2.75) is 52.4 Å². The van der Waals surface area contributed by atoms with E-state index in [1.807, 2.05) is 0 Å². The Morgan fingerprint density at radius 3 is 2.33 bits per heavy atom. The standard InChI is InChI=1S/C10H20O2/c1-3-4-5-6-7-8-9(2)10(11)12/h9H,3-8H2,1-2H3,(H,11,12)/t9-/m1/s1. The zero-order chi connectivity index (χ0) is 9.40. The first-order valence-electron chi connectivity index (χ1n) is 4.91. The van der Waals surface area contributed by atoms with Crippen molar-refractivity contribution < 1.29 is 9.90 Å². The van der Waals surface area contributed by atoms with Crippen LogP contribution in [-0.2, 0) is 4.79 Å². The fourth-order valence-electron chi connectivity index (χ4n) is 1.18. The molecule has 0 amide bonds. The summed E-state index contributed by atoms with van der Waals surface area (Å²) in [4.78, 5) is 10.4. The highest BCUT2D eigenvalue weighted by atomic mass is 16.4. The number of carbonyl (C=O) groups is 1. The van der Waals surface area contributed by atoms with Gasteiger partial charge in [-0.1, -0.05) is 46.0 Å². The molecule has 2 heteroatoms. The van der Waals surface area contributed by atoms with Crippen LogP contribution in [-0.4, -0.2) is 11.1 Å². The normalized spacial score (nSPS) is 12.8. The molecule has 0 spiro atoms. The van der Waals surface area contributed by atoms with Crippen molar-refractivity contribution in [3.05, 3.63) is 0 Å². The van der Waals surface area contributed by atoms with Gasteiger partial charge in [0.15, 0.2) is 0 Å². The fourth-order valence-corrected chi connectivity index (χ4v) is 1.18. The van der Waals surface area contributed by atoms with E-state index >= 15 is 0 Å². The van der Waals surface area contributed by atoms with Crippen LogP contribution >= 0.6 is 0 Å². The van der Waals surface area contributed by atoms with Crippen molar-refractivity contribution in [2.24, 2.45) is 5.92 Å². The second kappa shape index (κ2) is 7.14. The topological polar surface area (TPSA) is 37.3 Å². The summed E-state index contributed by atoms with van der Waals surface area (Å²) in [6, 6.07) is 0. The van der Waals surface area contributed by atoms with Crippen molar-refractivity contribution in [3.63, 3.8) is 0 Å². The second-order valence-corrected chi connectivity index (χ2v) is 3.44. The molecule has 0 radical (unpaired) electrons. The molecule has 0 saturated heterocycles. The maximum atomic E-state index is 10.4. The van der Waals surface area contributed by atoms with Gasteiger partial charge in [0.25, 0.3) is 0 Å². The van der Waals surface area contributed by atoms with Gasteiger partial charge in [-0.2, -0.15) is 0 Å². The molecular weight excluding hydrogens is 152 g/mol. The molecule has 0 fully saturated rings. The Morgan fingerprint density at radius 2 is 1.83 bits per heavy atom. The van der Waals surface area contributed by atoms with E-state index in [1.54, 1.807) is 6.92 Å². The van der Waals surface area contributed by atoms with Gasteiger partial charge in [0.05, 0.1) is 5.92 Å².